The van der Waals surface area contributed by atoms with Crippen LogP contribution >= 0.6 is 0 Å². The molecule has 1 aliphatic rings. The van der Waals surface area contributed by atoms with Gasteiger partial charge in [0.2, 0.25) is 0 Å². The van der Waals surface area contributed by atoms with Crippen LogP contribution in [0.15, 0.2) is 18.2 Å². The highest BCUT2D eigenvalue weighted by Crippen LogP contribution is 2.28. The first-order chi connectivity index (χ1) is 10.9. The minimum Gasteiger partial charge on any atom is -0.493 e. The lowest BCUT2D eigenvalue weighted by Gasteiger charge is -2.35. The summed E-state index contributed by atoms with van der Waals surface area (Å²) in [6, 6.07) is 4.91. The number of hydrogen-bond donors (Lipinski definition) is 0. The first kappa shape index (κ1) is 17.3. The van der Waals surface area contributed by atoms with Crippen molar-refractivity contribution in [2.75, 3.05) is 26.8 Å². The van der Waals surface area contributed by atoms with Crippen LogP contribution in [-0.2, 0) is 9.53 Å². The molecular weight excluding hydrogens is 298 g/mol. The number of ether oxygens (including phenoxy) is 3. The van der Waals surface area contributed by atoms with Gasteiger partial charge in [-0.15, -0.1) is 0 Å². The summed E-state index contributed by atoms with van der Waals surface area (Å²) >= 11 is 0. The van der Waals surface area contributed by atoms with Crippen LogP contribution < -0.4 is 9.47 Å². The Morgan fingerprint density at radius 2 is 1.87 bits per heavy atom. The number of ketones is 1. The van der Waals surface area contributed by atoms with Gasteiger partial charge in [-0.3, -0.25) is 9.59 Å². The van der Waals surface area contributed by atoms with Gasteiger partial charge >= 0.3 is 0 Å². The molecule has 1 amide bonds. The van der Waals surface area contributed by atoms with E-state index in [4.69, 9.17) is 14.2 Å². The van der Waals surface area contributed by atoms with E-state index in [0.29, 0.717) is 30.2 Å². The van der Waals surface area contributed by atoms with Gasteiger partial charge in [-0.2, -0.15) is 0 Å². The summed E-state index contributed by atoms with van der Waals surface area (Å²) in [5.41, 5.74) is 0.538. The molecule has 1 heterocycles. The molecule has 0 aromatic heterocycles. The molecule has 1 aromatic carbocycles. The Bertz CT molecular complexity index is 576. The Morgan fingerprint density at radius 3 is 2.43 bits per heavy atom. The highest BCUT2D eigenvalue weighted by Gasteiger charge is 2.26. The van der Waals surface area contributed by atoms with Crippen molar-refractivity contribution in [3.8, 4) is 11.5 Å². The van der Waals surface area contributed by atoms with Crippen LogP contribution in [0, 0.1) is 0 Å². The van der Waals surface area contributed by atoms with E-state index in [0.717, 1.165) is 0 Å². The molecule has 1 aliphatic heterocycles. The van der Waals surface area contributed by atoms with Gasteiger partial charge in [0.05, 0.1) is 19.3 Å². The second-order valence-corrected chi connectivity index (χ2v) is 5.77. The normalized spacial score (nSPS) is 21.0. The van der Waals surface area contributed by atoms with Crippen molar-refractivity contribution in [2.45, 2.75) is 33.0 Å². The second kappa shape index (κ2) is 7.46. The summed E-state index contributed by atoms with van der Waals surface area (Å²) in [6.07, 6.45) is 0.0409. The Balaban J connectivity index is 2.00. The maximum Gasteiger partial charge on any atom is 0.260 e. The summed E-state index contributed by atoms with van der Waals surface area (Å²) in [4.78, 5) is 25.4. The van der Waals surface area contributed by atoms with Crippen LogP contribution in [-0.4, -0.2) is 55.6 Å². The third kappa shape index (κ3) is 4.45. The molecule has 2 rings (SSSR count). The first-order valence-electron chi connectivity index (χ1n) is 7.65. The van der Waals surface area contributed by atoms with E-state index in [-0.39, 0.29) is 30.5 Å². The van der Waals surface area contributed by atoms with E-state index in [9.17, 15) is 9.59 Å². The van der Waals surface area contributed by atoms with Gasteiger partial charge in [-0.25, -0.2) is 0 Å². The van der Waals surface area contributed by atoms with Gasteiger partial charge in [-0.05, 0) is 39.0 Å². The topological polar surface area (TPSA) is 65.1 Å². The SMILES string of the molecule is COc1cc(C(C)=O)ccc1OCC(=O)N1C[C@H](C)O[C@@H](C)C1. The molecule has 0 N–H and O–H groups in total. The summed E-state index contributed by atoms with van der Waals surface area (Å²) < 4.78 is 16.4. The summed E-state index contributed by atoms with van der Waals surface area (Å²) in [6.45, 7) is 6.43. The maximum atomic E-state index is 12.3. The molecule has 6 heteroatoms. The third-order valence-corrected chi connectivity index (χ3v) is 3.69. The van der Waals surface area contributed by atoms with Crippen molar-refractivity contribution in [1.82, 2.24) is 4.90 Å². The Hall–Kier alpha value is -2.08. The number of morpholine rings is 1. The molecule has 1 fully saturated rings. The zero-order valence-corrected chi connectivity index (χ0v) is 14.0. The molecule has 0 aliphatic carbocycles. The molecule has 0 unspecified atom stereocenters. The fraction of sp³-hybridized carbons (Fsp3) is 0.529. The molecular formula is C17H23NO5. The largest absolute Gasteiger partial charge is 0.493 e. The Labute approximate surface area is 136 Å². The standard InChI is InChI=1S/C17H23NO5/c1-11-8-18(9-12(2)23-11)17(20)10-22-15-6-5-14(13(3)19)7-16(15)21-4/h5-7,11-12H,8-10H2,1-4H3/t11-,12-/m0/s1. The quantitative estimate of drug-likeness (QED) is 0.775. The number of nitrogens with zero attached hydrogens (tertiary/aromatic N) is 1. The van der Waals surface area contributed by atoms with Crippen LogP contribution in [0.4, 0.5) is 0 Å². The number of rotatable bonds is 5. The Kier molecular flexibility index (Phi) is 5.60. The lowest BCUT2D eigenvalue weighted by Crippen LogP contribution is -2.49. The number of carbonyl (C=O) groups is 2. The lowest BCUT2D eigenvalue weighted by molar-refractivity contribution is -0.145. The van der Waals surface area contributed by atoms with E-state index < -0.39 is 0 Å². The third-order valence-electron chi connectivity index (χ3n) is 3.69. The van der Waals surface area contributed by atoms with Crippen molar-refractivity contribution in [3.63, 3.8) is 0 Å². The van der Waals surface area contributed by atoms with Gasteiger partial charge in [0.25, 0.3) is 5.91 Å². The summed E-state index contributed by atoms with van der Waals surface area (Å²) in [5.74, 6) is 0.737. The molecule has 0 spiro atoms. The fourth-order valence-corrected chi connectivity index (χ4v) is 2.62. The Morgan fingerprint density at radius 1 is 1.22 bits per heavy atom. The van der Waals surface area contributed by atoms with Crippen molar-refractivity contribution in [2.24, 2.45) is 0 Å². The molecule has 0 radical (unpaired) electrons. The number of carbonyl (C=O) groups excluding carboxylic acids is 2. The van der Waals surface area contributed by atoms with E-state index in [2.05, 4.69) is 0 Å². The summed E-state index contributed by atoms with van der Waals surface area (Å²) in [5, 5.41) is 0. The maximum absolute atomic E-state index is 12.3. The minimum absolute atomic E-state index is 0.0205. The molecule has 6 nitrogen and oxygen atoms in total. The number of benzene rings is 1. The smallest absolute Gasteiger partial charge is 0.260 e. The molecule has 23 heavy (non-hydrogen) atoms. The zero-order chi connectivity index (χ0) is 17.0. The van der Waals surface area contributed by atoms with Crippen LogP contribution in [0.3, 0.4) is 0 Å². The number of amides is 1. The monoisotopic (exact) mass is 321 g/mol. The molecule has 0 saturated carbocycles. The van der Waals surface area contributed by atoms with Crippen LogP contribution in [0.25, 0.3) is 0 Å². The predicted octanol–water partition coefficient (Wildman–Crippen LogP) is 1.91. The highest BCUT2D eigenvalue weighted by atomic mass is 16.5. The lowest BCUT2D eigenvalue weighted by atomic mass is 10.1. The number of hydrogen-bond acceptors (Lipinski definition) is 5. The number of methoxy groups -OCH3 is 1. The molecule has 2 atom stereocenters. The van der Waals surface area contributed by atoms with E-state index in [1.54, 1.807) is 23.1 Å². The van der Waals surface area contributed by atoms with Crippen molar-refractivity contribution in [3.05, 3.63) is 23.8 Å². The predicted molar refractivity (Wildman–Crippen MR) is 85.1 cm³/mol. The van der Waals surface area contributed by atoms with E-state index in [1.165, 1.54) is 14.0 Å². The molecule has 0 bridgehead atoms. The minimum atomic E-state index is -0.0929. The van der Waals surface area contributed by atoms with Gasteiger partial charge in [0.1, 0.15) is 0 Å². The van der Waals surface area contributed by atoms with Crippen LogP contribution in [0.2, 0.25) is 0 Å². The molecule has 126 valence electrons. The molecule has 1 saturated heterocycles. The van der Waals surface area contributed by atoms with Crippen molar-refractivity contribution < 1.29 is 23.8 Å². The van der Waals surface area contributed by atoms with Crippen molar-refractivity contribution in [1.29, 1.82) is 0 Å². The van der Waals surface area contributed by atoms with E-state index >= 15 is 0 Å². The average molecular weight is 321 g/mol. The molecule has 1 aromatic rings. The summed E-state index contributed by atoms with van der Waals surface area (Å²) in [7, 11) is 1.50. The van der Waals surface area contributed by atoms with Crippen LogP contribution in [0.1, 0.15) is 31.1 Å². The van der Waals surface area contributed by atoms with Gasteiger partial charge in [0.15, 0.2) is 23.9 Å². The first-order valence-corrected chi connectivity index (χ1v) is 7.65. The average Bonchev–Trinajstić information content (AvgIpc) is 2.51. The van der Waals surface area contributed by atoms with Crippen LogP contribution in [0.5, 0.6) is 11.5 Å². The van der Waals surface area contributed by atoms with Crippen molar-refractivity contribution >= 4 is 11.7 Å². The van der Waals surface area contributed by atoms with Gasteiger partial charge in [0, 0.05) is 18.7 Å². The second-order valence-electron chi connectivity index (χ2n) is 5.77. The fourth-order valence-electron chi connectivity index (χ4n) is 2.62. The van der Waals surface area contributed by atoms with Gasteiger partial charge in [-0.1, -0.05) is 0 Å². The number of Topliss-reactive ketones (excluding diaryl/α,β-unsaturated/α-hetero) is 1. The zero-order valence-electron chi connectivity index (χ0n) is 14.0. The van der Waals surface area contributed by atoms with E-state index in [1.807, 2.05) is 13.8 Å². The van der Waals surface area contributed by atoms with Gasteiger partial charge < -0.3 is 19.1 Å². The highest BCUT2D eigenvalue weighted by molar-refractivity contribution is 5.94.